The van der Waals surface area contributed by atoms with Gasteiger partial charge in [-0.1, -0.05) is 90.0 Å². The number of ether oxygens (including phenoxy) is 1. The SMILES string of the molecule is COCCCCCCCCCCCCCCCC1=CC(=O)CCC1(C)C. The van der Waals surface area contributed by atoms with Gasteiger partial charge in [0, 0.05) is 20.1 Å². The van der Waals surface area contributed by atoms with E-state index in [-0.39, 0.29) is 5.41 Å². The van der Waals surface area contributed by atoms with Crippen LogP contribution in [0.5, 0.6) is 0 Å². The van der Waals surface area contributed by atoms with Crippen molar-refractivity contribution in [3.63, 3.8) is 0 Å². The Hall–Kier alpha value is -0.630. The van der Waals surface area contributed by atoms with E-state index >= 15 is 0 Å². The molecule has 0 fully saturated rings. The fourth-order valence-electron chi connectivity index (χ4n) is 3.98. The molecule has 1 aliphatic rings. The Bertz CT molecular complexity index is 395. The number of allylic oxidation sites excluding steroid dienone is 2. The molecule has 0 bridgehead atoms. The number of carbonyl (C=O) groups excluding carboxylic acids is 1. The van der Waals surface area contributed by atoms with Crippen LogP contribution >= 0.6 is 0 Å². The van der Waals surface area contributed by atoms with Crippen LogP contribution in [0.15, 0.2) is 11.6 Å². The van der Waals surface area contributed by atoms with Gasteiger partial charge < -0.3 is 4.74 Å². The largest absolute Gasteiger partial charge is 0.385 e. The van der Waals surface area contributed by atoms with Gasteiger partial charge in [0.2, 0.25) is 0 Å². The van der Waals surface area contributed by atoms with Crippen molar-refractivity contribution in [3.05, 3.63) is 11.6 Å². The Morgan fingerprint density at radius 2 is 1.27 bits per heavy atom. The van der Waals surface area contributed by atoms with Crippen LogP contribution in [0.25, 0.3) is 0 Å². The Kier molecular flexibility index (Phi) is 13.0. The monoisotopic (exact) mass is 364 g/mol. The molecular weight excluding hydrogens is 320 g/mol. The second-order valence-electron chi connectivity index (χ2n) is 8.86. The minimum Gasteiger partial charge on any atom is -0.385 e. The highest BCUT2D eigenvalue weighted by Crippen LogP contribution is 2.38. The number of hydrogen-bond acceptors (Lipinski definition) is 2. The molecule has 0 saturated heterocycles. The highest BCUT2D eigenvalue weighted by Gasteiger charge is 2.27. The van der Waals surface area contributed by atoms with E-state index in [1.54, 1.807) is 7.11 Å². The molecule has 0 atom stereocenters. The first kappa shape index (κ1) is 23.4. The molecule has 26 heavy (non-hydrogen) atoms. The van der Waals surface area contributed by atoms with Gasteiger partial charge in [0.25, 0.3) is 0 Å². The Balaban J connectivity index is 1.86. The fourth-order valence-corrected chi connectivity index (χ4v) is 3.98. The lowest BCUT2D eigenvalue weighted by molar-refractivity contribution is -0.115. The van der Waals surface area contributed by atoms with Crippen LogP contribution < -0.4 is 0 Å². The average molecular weight is 365 g/mol. The molecule has 1 rings (SSSR count). The zero-order chi connectivity index (χ0) is 19.1. The minimum absolute atomic E-state index is 0.248. The number of hydrogen-bond donors (Lipinski definition) is 0. The average Bonchev–Trinajstić information content (AvgIpc) is 2.61. The van der Waals surface area contributed by atoms with Crippen LogP contribution in [0.2, 0.25) is 0 Å². The lowest BCUT2D eigenvalue weighted by atomic mass is 9.73. The molecule has 0 radical (unpaired) electrons. The number of methoxy groups -OCH3 is 1. The van der Waals surface area contributed by atoms with Gasteiger partial charge in [-0.05, 0) is 37.2 Å². The van der Waals surface area contributed by atoms with E-state index < -0.39 is 0 Å². The first-order valence-corrected chi connectivity index (χ1v) is 11.3. The molecule has 0 aliphatic heterocycles. The molecule has 2 nitrogen and oxygen atoms in total. The van der Waals surface area contributed by atoms with Gasteiger partial charge in [-0.2, -0.15) is 0 Å². The van der Waals surface area contributed by atoms with E-state index in [9.17, 15) is 4.79 Å². The van der Waals surface area contributed by atoms with Crippen molar-refractivity contribution in [3.8, 4) is 0 Å². The third kappa shape index (κ3) is 11.2. The lowest BCUT2D eigenvalue weighted by Crippen LogP contribution is -2.22. The van der Waals surface area contributed by atoms with Crippen LogP contribution in [0.4, 0.5) is 0 Å². The summed E-state index contributed by atoms with van der Waals surface area (Å²) in [5.41, 5.74) is 1.65. The molecule has 0 heterocycles. The van der Waals surface area contributed by atoms with Crippen molar-refractivity contribution in [2.45, 2.75) is 117 Å². The molecule has 2 heteroatoms. The smallest absolute Gasteiger partial charge is 0.155 e. The van der Waals surface area contributed by atoms with E-state index in [4.69, 9.17) is 4.74 Å². The minimum atomic E-state index is 0.248. The van der Waals surface area contributed by atoms with Gasteiger partial charge >= 0.3 is 0 Å². The lowest BCUT2D eigenvalue weighted by Gasteiger charge is -2.31. The standard InChI is InChI=1S/C24H44O2/c1-24(2)19-18-23(25)21-22(24)17-15-13-11-9-7-5-4-6-8-10-12-14-16-20-26-3/h21H,4-20H2,1-3H3. The normalized spacial score (nSPS) is 16.7. The molecule has 0 saturated carbocycles. The maximum Gasteiger partial charge on any atom is 0.155 e. The van der Waals surface area contributed by atoms with Crippen molar-refractivity contribution < 1.29 is 9.53 Å². The maximum atomic E-state index is 11.6. The molecule has 0 amide bonds. The molecule has 0 N–H and O–H groups in total. The molecule has 0 aromatic rings. The van der Waals surface area contributed by atoms with Crippen molar-refractivity contribution in [1.29, 1.82) is 0 Å². The number of ketones is 1. The maximum absolute atomic E-state index is 11.6. The summed E-state index contributed by atoms with van der Waals surface area (Å²) in [5, 5.41) is 0. The van der Waals surface area contributed by atoms with E-state index in [1.807, 2.05) is 6.08 Å². The second-order valence-corrected chi connectivity index (χ2v) is 8.86. The summed E-state index contributed by atoms with van der Waals surface area (Å²) in [5.74, 6) is 0.342. The third-order valence-corrected chi connectivity index (χ3v) is 6.00. The van der Waals surface area contributed by atoms with Crippen LogP contribution in [-0.4, -0.2) is 19.5 Å². The van der Waals surface area contributed by atoms with E-state index in [0.717, 1.165) is 25.9 Å². The highest BCUT2D eigenvalue weighted by molar-refractivity contribution is 5.91. The molecule has 0 spiro atoms. The Labute approximate surface area is 163 Å². The van der Waals surface area contributed by atoms with Gasteiger partial charge in [0.1, 0.15) is 0 Å². The predicted molar refractivity (Wildman–Crippen MR) is 113 cm³/mol. The fraction of sp³-hybridized carbons (Fsp3) is 0.875. The van der Waals surface area contributed by atoms with E-state index in [2.05, 4.69) is 13.8 Å². The molecule has 0 unspecified atom stereocenters. The van der Waals surface area contributed by atoms with Gasteiger partial charge in [-0.3, -0.25) is 4.79 Å². The number of rotatable bonds is 16. The van der Waals surface area contributed by atoms with Crippen molar-refractivity contribution in [2.24, 2.45) is 5.41 Å². The zero-order valence-electron chi connectivity index (χ0n) is 17.9. The summed E-state index contributed by atoms with van der Waals surface area (Å²) < 4.78 is 5.08. The van der Waals surface area contributed by atoms with E-state index in [1.165, 1.54) is 89.0 Å². The quantitative estimate of drug-likeness (QED) is 0.266. The summed E-state index contributed by atoms with van der Waals surface area (Å²) >= 11 is 0. The highest BCUT2D eigenvalue weighted by atomic mass is 16.5. The Morgan fingerprint density at radius 1 is 0.808 bits per heavy atom. The van der Waals surface area contributed by atoms with Gasteiger partial charge in [0.15, 0.2) is 5.78 Å². The first-order valence-electron chi connectivity index (χ1n) is 11.3. The van der Waals surface area contributed by atoms with Crippen LogP contribution in [-0.2, 0) is 9.53 Å². The summed E-state index contributed by atoms with van der Waals surface area (Å²) in [4.78, 5) is 11.6. The van der Waals surface area contributed by atoms with Gasteiger partial charge in [-0.25, -0.2) is 0 Å². The number of carbonyl (C=O) groups is 1. The predicted octanol–water partition coefficient (Wildman–Crippen LogP) is 7.41. The van der Waals surface area contributed by atoms with Crippen LogP contribution in [0.3, 0.4) is 0 Å². The topological polar surface area (TPSA) is 26.3 Å². The van der Waals surface area contributed by atoms with Crippen molar-refractivity contribution in [2.75, 3.05) is 13.7 Å². The second kappa shape index (κ2) is 14.4. The molecule has 1 aliphatic carbocycles. The van der Waals surface area contributed by atoms with Crippen LogP contribution in [0, 0.1) is 5.41 Å². The third-order valence-electron chi connectivity index (χ3n) is 6.00. The molecule has 0 aromatic heterocycles. The summed E-state index contributed by atoms with van der Waals surface area (Å²) in [6.07, 6.45) is 22.6. The first-order chi connectivity index (χ1) is 12.6. The van der Waals surface area contributed by atoms with Crippen LogP contribution in [0.1, 0.15) is 117 Å². The zero-order valence-corrected chi connectivity index (χ0v) is 17.9. The van der Waals surface area contributed by atoms with Crippen molar-refractivity contribution in [1.82, 2.24) is 0 Å². The number of unbranched alkanes of at least 4 members (excludes halogenated alkanes) is 12. The van der Waals surface area contributed by atoms with Crippen molar-refractivity contribution >= 4 is 5.78 Å². The summed E-state index contributed by atoms with van der Waals surface area (Å²) in [6.45, 7) is 5.52. The van der Waals surface area contributed by atoms with Gasteiger partial charge in [0.05, 0.1) is 0 Å². The Morgan fingerprint density at radius 3 is 1.77 bits per heavy atom. The molecule has 152 valence electrons. The van der Waals surface area contributed by atoms with E-state index in [0.29, 0.717) is 5.78 Å². The summed E-state index contributed by atoms with van der Waals surface area (Å²) in [7, 11) is 1.79. The van der Waals surface area contributed by atoms with Gasteiger partial charge in [-0.15, -0.1) is 0 Å². The molecular formula is C24H44O2. The molecule has 0 aromatic carbocycles. The summed E-state index contributed by atoms with van der Waals surface area (Å²) in [6, 6.07) is 0.